The third-order valence-electron chi connectivity index (χ3n) is 7.42. The Morgan fingerprint density at radius 3 is 2.66 bits per heavy atom. The molecular formula is C27H38FN5O4S. The minimum atomic E-state index is -4.08. The quantitative estimate of drug-likeness (QED) is 0.441. The fourth-order valence-corrected chi connectivity index (χ4v) is 5.89. The molecule has 208 valence electrons. The average molecular weight is 548 g/mol. The highest BCUT2D eigenvalue weighted by atomic mass is 32.2. The monoisotopic (exact) mass is 547 g/mol. The summed E-state index contributed by atoms with van der Waals surface area (Å²) >= 11 is 0. The van der Waals surface area contributed by atoms with E-state index in [1.54, 1.807) is 18.2 Å². The van der Waals surface area contributed by atoms with Crippen LogP contribution < -0.4 is 24.4 Å². The van der Waals surface area contributed by atoms with Gasteiger partial charge in [0.25, 0.3) is 5.91 Å². The van der Waals surface area contributed by atoms with Gasteiger partial charge in [-0.2, -0.15) is 13.1 Å². The molecule has 1 aromatic carbocycles. The van der Waals surface area contributed by atoms with Crippen molar-refractivity contribution in [1.82, 2.24) is 19.7 Å². The van der Waals surface area contributed by atoms with E-state index in [2.05, 4.69) is 35.5 Å². The number of ether oxygens (including phenoxy) is 1. The number of aromatic nitrogens is 1. The van der Waals surface area contributed by atoms with Crippen LogP contribution >= 0.6 is 0 Å². The van der Waals surface area contributed by atoms with Crippen LogP contribution in [0.2, 0.25) is 0 Å². The molecule has 0 spiro atoms. The number of nitrogens with zero attached hydrogens (tertiary/aromatic N) is 2. The zero-order valence-electron chi connectivity index (χ0n) is 22.7. The molecule has 2 aliphatic heterocycles. The largest absolute Gasteiger partial charge is 0.493 e. The number of hydrogen-bond donors (Lipinski definition) is 3. The summed E-state index contributed by atoms with van der Waals surface area (Å²) in [7, 11) is -4.08. The average Bonchev–Trinajstić information content (AvgIpc) is 3.43. The molecule has 2 aliphatic rings. The number of nitrogens with one attached hydrogen (secondary N) is 3. The van der Waals surface area contributed by atoms with E-state index >= 15 is 0 Å². The molecule has 3 heterocycles. The summed E-state index contributed by atoms with van der Waals surface area (Å²) in [6.45, 7) is 12.6. The van der Waals surface area contributed by atoms with Crippen LogP contribution in [-0.4, -0.2) is 57.1 Å². The van der Waals surface area contributed by atoms with Crippen LogP contribution in [0.15, 0.2) is 30.3 Å². The Labute approximate surface area is 224 Å². The predicted molar refractivity (Wildman–Crippen MR) is 146 cm³/mol. The lowest BCUT2D eigenvalue weighted by molar-refractivity contribution is 0.0981. The molecule has 38 heavy (non-hydrogen) atoms. The maximum atomic E-state index is 14.5. The first-order valence-electron chi connectivity index (χ1n) is 13.1. The molecule has 1 aromatic heterocycles. The van der Waals surface area contributed by atoms with Crippen molar-refractivity contribution in [2.45, 2.75) is 59.0 Å². The normalized spacial score (nSPS) is 21.2. The molecule has 9 nitrogen and oxygen atoms in total. The van der Waals surface area contributed by atoms with Gasteiger partial charge in [0.1, 0.15) is 17.4 Å². The van der Waals surface area contributed by atoms with Crippen LogP contribution in [0.1, 0.15) is 57.8 Å². The van der Waals surface area contributed by atoms with Crippen molar-refractivity contribution in [1.29, 1.82) is 0 Å². The van der Waals surface area contributed by atoms with E-state index in [9.17, 15) is 17.6 Å². The van der Waals surface area contributed by atoms with E-state index in [-0.39, 0.29) is 23.1 Å². The van der Waals surface area contributed by atoms with Crippen molar-refractivity contribution in [2.75, 3.05) is 31.1 Å². The standard InChI is InChI=1S/C27H38FN5O4S/c1-17(2)16-37-22-13-19(12-20(28)14-22)24-7-6-23(25(30-24)33-11-9-18(3)27(33,4)5)26(34)32-38(35,36)31-21-8-10-29-15-21/h6-7,12-14,17-18,21,29,31H,8-11,15-16H2,1-5H3,(H,32,34)/t18?,21-/m0/s1. The fourth-order valence-electron chi connectivity index (χ4n) is 4.84. The number of halogens is 1. The molecule has 3 N–H and O–H groups in total. The predicted octanol–water partition coefficient (Wildman–Crippen LogP) is 3.47. The van der Waals surface area contributed by atoms with Gasteiger partial charge in [0.15, 0.2) is 0 Å². The molecule has 2 fully saturated rings. The van der Waals surface area contributed by atoms with Gasteiger partial charge in [0.2, 0.25) is 0 Å². The summed E-state index contributed by atoms with van der Waals surface area (Å²) in [5, 5.41) is 3.09. The number of pyridine rings is 1. The highest BCUT2D eigenvalue weighted by molar-refractivity contribution is 7.88. The number of carbonyl (C=O) groups is 1. The lowest BCUT2D eigenvalue weighted by atomic mass is 9.90. The molecule has 1 unspecified atom stereocenters. The highest BCUT2D eigenvalue weighted by Gasteiger charge is 2.41. The van der Waals surface area contributed by atoms with Crippen molar-refractivity contribution in [2.24, 2.45) is 11.8 Å². The van der Waals surface area contributed by atoms with E-state index in [0.717, 1.165) is 6.42 Å². The number of anilines is 1. The summed E-state index contributed by atoms with van der Waals surface area (Å²) in [5.41, 5.74) is 0.767. The third-order valence-corrected chi connectivity index (χ3v) is 8.52. The molecule has 1 amide bonds. The Morgan fingerprint density at radius 1 is 1.26 bits per heavy atom. The summed E-state index contributed by atoms with van der Waals surface area (Å²) in [6, 6.07) is 7.30. The van der Waals surface area contributed by atoms with E-state index < -0.39 is 21.9 Å². The molecule has 4 rings (SSSR count). The van der Waals surface area contributed by atoms with Gasteiger partial charge < -0.3 is 15.0 Å². The smallest absolute Gasteiger partial charge is 0.301 e. The number of carbonyl (C=O) groups excluding carboxylic acids is 1. The highest BCUT2D eigenvalue weighted by Crippen LogP contribution is 2.39. The molecule has 0 aliphatic carbocycles. The Morgan fingerprint density at radius 2 is 2.03 bits per heavy atom. The summed E-state index contributed by atoms with van der Waals surface area (Å²) in [4.78, 5) is 20.2. The van der Waals surface area contributed by atoms with Gasteiger partial charge in [-0.1, -0.05) is 20.8 Å². The molecular weight excluding hydrogens is 509 g/mol. The Kier molecular flexibility index (Phi) is 8.29. The second-order valence-electron chi connectivity index (χ2n) is 11.2. The maximum absolute atomic E-state index is 14.5. The molecule has 0 saturated carbocycles. The lowest BCUT2D eigenvalue weighted by Crippen LogP contribution is -2.47. The van der Waals surface area contributed by atoms with Crippen molar-refractivity contribution in [3.8, 4) is 17.0 Å². The van der Waals surface area contributed by atoms with E-state index in [1.165, 1.54) is 12.1 Å². The van der Waals surface area contributed by atoms with Crippen molar-refractivity contribution >= 4 is 21.9 Å². The van der Waals surface area contributed by atoms with Crippen LogP contribution in [-0.2, 0) is 10.2 Å². The molecule has 0 radical (unpaired) electrons. The van der Waals surface area contributed by atoms with E-state index in [0.29, 0.717) is 61.4 Å². The minimum Gasteiger partial charge on any atom is -0.493 e. The third kappa shape index (κ3) is 6.44. The van der Waals surface area contributed by atoms with Gasteiger partial charge >= 0.3 is 10.2 Å². The Hall–Kier alpha value is -2.76. The van der Waals surface area contributed by atoms with Crippen LogP contribution in [0.4, 0.5) is 10.2 Å². The number of rotatable bonds is 9. The van der Waals surface area contributed by atoms with Crippen LogP contribution in [0.3, 0.4) is 0 Å². The van der Waals surface area contributed by atoms with E-state index in [4.69, 9.17) is 9.72 Å². The van der Waals surface area contributed by atoms with Crippen molar-refractivity contribution in [3.63, 3.8) is 0 Å². The molecule has 0 bridgehead atoms. The summed E-state index contributed by atoms with van der Waals surface area (Å²) in [6.07, 6.45) is 1.54. The number of amides is 1. The SMILES string of the molecule is CC(C)COc1cc(F)cc(-c2ccc(C(=O)NS(=O)(=O)N[C@H]3CCNC3)c(N3CCC(C)C3(C)C)n2)c1. The fraction of sp³-hybridized carbons (Fsp3) is 0.556. The summed E-state index contributed by atoms with van der Waals surface area (Å²) in [5.74, 6) is 0.121. The van der Waals surface area contributed by atoms with Gasteiger partial charge in [-0.25, -0.2) is 14.1 Å². The number of hydrogen-bond acceptors (Lipinski definition) is 7. The second-order valence-corrected chi connectivity index (χ2v) is 12.6. The zero-order chi connectivity index (χ0) is 27.7. The number of benzene rings is 1. The Balaban J connectivity index is 1.70. The second kappa shape index (κ2) is 11.2. The van der Waals surface area contributed by atoms with Crippen molar-refractivity contribution in [3.05, 3.63) is 41.7 Å². The Bertz CT molecular complexity index is 1280. The molecule has 2 saturated heterocycles. The van der Waals surface area contributed by atoms with Gasteiger partial charge in [0, 0.05) is 36.3 Å². The first kappa shape index (κ1) is 28.3. The maximum Gasteiger partial charge on any atom is 0.301 e. The minimum absolute atomic E-state index is 0.138. The van der Waals surface area contributed by atoms with Gasteiger partial charge in [-0.15, -0.1) is 0 Å². The van der Waals surface area contributed by atoms with Crippen LogP contribution in [0.25, 0.3) is 11.3 Å². The van der Waals surface area contributed by atoms with Gasteiger partial charge in [-0.3, -0.25) is 4.79 Å². The van der Waals surface area contributed by atoms with Crippen LogP contribution in [0.5, 0.6) is 5.75 Å². The molecule has 11 heteroatoms. The first-order valence-corrected chi connectivity index (χ1v) is 14.6. The zero-order valence-corrected chi connectivity index (χ0v) is 23.5. The first-order chi connectivity index (χ1) is 17.9. The van der Waals surface area contributed by atoms with Gasteiger partial charge in [0.05, 0.1) is 17.9 Å². The molecule has 2 aromatic rings. The lowest BCUT2D eigenvalue weighted by Gasteiger charge is -2.36. The summed E-state index contributed by atoms with van der Waals surface area (Å²) < 4.78 is 50.3. The molecule has 2 atom stereocenters. The van der Waals surface area contributed by atoms with Crippen LogP contribution in [0, 0.1) is 17.7 Å². The topological polar surface area (TPSA) is 113 Å². The van der Waals surface area contributed by atoms with Crippen molar-refractivity contribution < 1.29 is 22.3 Å². The van der Waals surface area contributed by atoms with E-state index in [1.807, 2.05) is 18.7 Å². The van der Waals surface area contributed by atoms with Gasteiger partial charge in [-0.05, 0) is 69.3 Å².